The third kappa shape index (κ3) is 1.72. The normalized spacial score (nSPS) is 12.3. The lowest BCUT2D eigenvalue weighted by Crippen LogP contribution is -2.07. The quantitative estimate of drug-likeness (QED) is 0.734. The molecule has 0 saturated carbocycles. The number of carbonyl (C=O) groups is 1. The van der Waals surface area contributed by atoms with Crippen molar-refractivity contribution in [1.29, 1.82) is 0 Å². The van der Waals surface area contributed by atoms with E-state index in [-0.39, 0.29) is 10.7 Å². The number of nitrogens with zero attached hydrogens (tertiary/aromatic N) is 2. The lowest BCUT2D eigenvalue weighted by molar-refractivity contribution is -0.141. The second kappa shape index (κ2) is 3.21. The number of imidazole rings is 1. The first-order valence-corrected chi connectivity index (χ1v) is 4.89. The zero-order chi connectivity index (χ0) is 11.2. The molecule has 0 saturated heterocycles. The van der Waals surface area contributed by atoms with Gasteiger partial charge in [0.25, 0.3) is 5.24 Å². The Hall–Kier alpha value is -1.08. The molecule has 8 heteroatoms. The van der Waals surface area contributed by atoms with Crippen molar-refractivity contribution in [1.82, 2.24) is 9.38 Å². The van der Waals surface area contributed by atoms with Crippen molar-refractivity contribution in [3.63, 3.8) is 0 Å². The van der Waals surface area contributed by atoms with E-state index in [9.17, 15) is 18.0 Å². The molecule has 0 aliphatic heterocycles. The van der Waals surface area contributed by atoms with Crippen LogP contribution in [0.4, 0.5) is 13.2 Å². The van der Waals surface area contributed by atoms with Crippen LogP contribution in [0.1, 0.15) is 16.2 Å². The van der Waals surface area contributed by atoms with Crippen molar-refractivity contribution in [3.8, 4) is 0 Å². The molecule has 0 aromatic carbocycles. The van der Waals surface area contributed by atoms with Crippen molar-refractivity contribution in [2.24, 2.45) is 0 Å². The smallest absolute Gasteiger partial charge is 0.285 e. The first kappa shape index (κ1) is 10.4. The Kier molecular flexibility index (Phi) is 2.23. The van der Waals surface area contributed by atoms with Gasteiger partial charge in [-0.3, -0.25) is 9.20 Å². The molecular formula is C7H2ClF3N2OS. The molecule has 0 bridgehead atoms. The van der Waals surface area contributed by atoms with Crippen molar-refractivity contribution < 1.29 is 18.0 Å². The standard InChI is InChI=1S/C7H2ClF3N2OS/c8-5(14)3-1-13-4(7(9,10)11)2-15-6(13)12-3/h1-2H. The van der Waals surface area contributed by atoms with Crippen LogP contribution in [-0.2, 0) is 6.18 Å². The third-order valence-electron chi connectivity index (χ3n) is 1.70. The van der Waals surface area contributed by atoms with E-state index in [1.165, 1.54) is 0 Å². The summed E-state index contributed by atoms with van der Waals surface area (Å²) < 4.78 is 38.0. The van der Waals surface area contributed by atoms with Gasteiger partial charge >= 0.3 is 6.18 Å². The molecule has 0 N–H and O–H groups in total. The molecule has 15 heavy (non-hydrogen) atoms. The summed E-state index contributed by atoms with van der Waals surface area (Å²) in [4.78, 5) is 14.4. The molecule has 0 spiro atoms. The van der Waals surface area contributed by atoms with Gasteiger partial charge in [0, 0.05) is 11.6 Å². The summed E-state index contributed by atoms with van der Waals surface area (Å²) in [7, 11) is 0. The van der Waals surface area contributed by atoms with E-state index in [0.717, 1.165) is 27.3 Å². The minimum Gasteiger partial charge on any atom is -0.285 e. The summed E-state index contributed by atoms with van der Waals surface area (Å²) in [6.45, 7) is 0. The molecule has 0 fully saturated rings. The number of fused-ring (bicyclic) bond motifs is 1. The van der Waals surface area contributed by atoms with Gasteiger partial charge in [-0.25, -0.2) is 4.98 Å². The summed E-state index contributed by atoms with van der Waals surface area (Å²) in [5.74, 6) is 0. The highest BCUT2D eigenvalue weighted by Gasteiger charge is 2.35. The zero-order valence-electron chi connectivity index (χ0n) is 6.88. The van der Waals surface area contributed by atoms with Crippen molar-refractivity contribution >= 4 is 33.1 Å². The van der Waals surface area contributed by atoms with Gasteiger partial charge in [0.1, 0.15) is 11.4 Å². The highest BCUT2D eigenvalue weighted by atomic mass is 35.5. The second-order valence-electron chi connectivity index (χ2n) is 2.67. The molecular weight excluding hydrogens is 253 g/mol. The summed E-state index contributed by atoms with van der Waals surface area (Å²) in [5, 5.41) is 0.0594. The van der Waals surface area contributed by atoms with E-state index >= 15 is 0 Å². The van der Waals surface area contributed by atoms with Crippen LogP contribution in [0.5, 0.6) is 0 Å². The number of hydrogen-bond acceptors (Lipinski definition) is 3. The van der Waals surface area contributed by atoms with E-state index < -0.39 is 17.1 Å². The lowest BCUT2D eigenvalue weighted by Gasteiger charge is -2.02. The first-order valence-electron chi connectivity index (χ1n) is 3.63. The Bertz CT molecular complexity index is 530. The average Bonchev–Trinajstić information content (AvgIpc) is 2.56. The predicted molar refractivity (Wildman–Crippen MR) is 48.3 cm³/mol. The van der Waals surface area contributed by atoms with Gasteiger partial charge in [0.15, 0.2) is 4.96 Å². The minimum absolute atomic E-state index is 0.0892. The van der Waals surface area contributed by atoms with Gasteiger partial charge in [-0.1, -0.05) is 0 Å². The Balaban J connectivity index is 2.64. The molecule has 2 rings (SSSR count). The van der Waals surface area contributed by atoms with E-state index in [0.29, 0.717) is 0 Å². The molecule has 3 nitrogen and oxygen atoms in total. The number of halogens is 4. The van der Waals surface area contributed by atoms with Gasteiger partial charge < -0.3 is 0 Å². The maximum absolute atomic E-state index is 12.4. The highest BCUT2D eigenvalue weighted by molar-refractivity contribution is 7.15. The van der Waals surface area contributed by atoms with Gasteiger partial charge in [0.2, 0.25) is 0 Å². The molecule has 2 aromatic rings. The minimum atomic E-state index is -4.47. The van der Waals surface area contributed by atoms with Crippen LogP contribution in [0.2, 0.25) is 0 Å². The molecule has 0 aliphatic carbocycles. The molecule has 2 aromatic heterocycles. The summed E-state index contributed by atoms with van der Waals surface area (Å²) in [6, 6.07) is 0. The van der Waals surface area contributed by atoms with Crippen LogP contribution in [0, 0.1) is 0 Å². The van der Waals surface area contributed by atoms with Crippen LogP contribution in [-0.4, -0.2) is 14.6 Å². The van der Waals surface area contributed by atoms with E-state index in [1.807, 2.05) is 0 Å². The molecule has 80 valence electrons. The van der Waals surface area contributed by atoms with Crippen molar-refractivity contribution in [2.75, 3.05) is 0 Å². The third-order valence-corrected chi connectivity index (χ3v) is 2.73. The van der Waals surface area contributed by atoms with Crippen molar-refractivity contribution in [2.45, 2.75) is 6.18 Å². The van der Waals surface area contributed by atoms with Crippen LogP contribution < -0.4 is 0 Å². The summed E-state index contributed by atoms with van der Waals surface area (Å²) in [6.07, 6.45) is -3.49. The van der Waals surface area contributed by atoms with Crippen LogP contribution in [0.15, 0.2) is 11.6 Å². The Labute approximate surface area is 90.1 Å². The molecule has 2 heterocycles. The molecule has 0 amide bonds. The molecule has 0 unspecified atom stereocenters. The Morgan fingerprint density at radius 3 is 2.73 bits per heavy atom. The van der Waals surface area contributed by atoms with Gasteiger partial charge in [-0.2, -0.15) is 13.2 Å². The van der Waals surface area contributed by atoms with E-state index in [2.05, 4.69) is 4.98 Å². The zero-order valence-corrected chi connectivity index (χ0v) is 8.45. The van der Waals surface area contributed by atoms with Gasteiger partial charge in [0.05, 0.1) is 0 Å². The fraction of sp³-hybridized carbons (Fsp3) is 0.143. The van der Waals surface area contributed by atoms with E-state index in [4.69, 9.17) is 11.6 Å². The maximum Gasteiger partial charge on any atom is 0.432 e. The maximum atomic E-state index is 12.4. The lowest BCUT2D eigenvalue weighted by atomic mass is 10.5. The van der Waals surface area contributed by atoms with Gasteiger partial charge in [-0.15, -0.1) is 11.3 Å². The van der Waals surface area contributed by atoms with Crippen LogP contribution >= 0.6 is 22.9 Å². The SMILES string of the molecule is O=C(Cl)c1cn2c(C(F)(F)F)csc2n1. The van der Waals surface area contributed by atoms with E-state index in [1.54, 1.807) is 0 Å². The fourth-order valence-electron chi connectivity index (χ4n) is 1.08. The number of aromatic nitrogens is 2. The molecule has 0 aliphatic rings. The Morgan fingerprint density at radius 2 is 2.20 bits per heavy atom. The first-order chi connectivity index (χ1) is 6.89. The van der Waals surface area contributed by atoms with Crippen LogP contribution in [0.3, 0.4) is 0 Å². The predicted octanol–water partition coefficient (Wildman–Crippen LogP) is 2.79. The fourth-order valence-corrected chi connectivity index (χ4v) is 2.05. The molecule has 0 atom stereocenters. The summed E-state index contributed by atoms with van der Waals surface area (Å²) >= 11 is 5.91. The van der Waals surface area contributed by atoms with Crippen LogP contribution in [0.25, 0.3) is 4.96 Å². The van der Waals surface area contributed by atoms with Crippen molar-refractivity contribution in [3.05, 3.63) is 23.0 Å². The monoisotopic (exact) mass is 254 g/mol. The number of carbonyl (C=O) groups excluding carboxylic acids is 1. The summed E-state index contributed by atoms with van der Waals surface area (Å²) in [5.41, 5.74) is -1.05. The number of thiazole rings is 1. The molecule has 0 radical (unpaired) electrons. The highest BCUT2D eigenvalue weighted by Crippen LogP contribution is 2.32. The second-order valence-corrected chi connectivity index (χ2v) is 3.85. The number of rotatable bonds is 1. The van der Waals surface area contributed by atoms with Gasteiger partial charge in [-0.05, 0) is 11.6 Å². The topological polar surface area (TPSA) is 34.4 Å². The number of alkyl halides is 3. The number of hydrogen-bond donors (Lipinski definition) is 0. The Morgan fingerprint density at radius 1 is 1.53 bits per heavy atom. The average molecular weight is 255 g/mol. The largest absolute Gasteiger partial charge is 0.432 e.